The second kappa shape index (κ2) is 9.09. The molecule has 30 heavy (non-hydrogen) atoms. The summed E-state index contributed by atoms with van der Waals surface area (Å²) in [6.07, 6.45) is -3.08. The minimum Gasteiger partial charge on any atom is -0.478 e. The second-order valence-electron chi connectivity index (χ2n) is 6.26. The van der Waals surface area contributed by atoms with Crippen LogP contribution in [0.4, 0.5) is 13.2 Å². The van der Waals surface area contributed by atoms with Crippen LogP contribution in [0.3, 0.4) is 0 Å². The fraction of sp³-hybridized carbons (Fsp3) is 0.238. The van der Waals surface area contributed by atoms with Crippen LogP contribution in [-0.2, 0) is 11.0 Å². The lowest BCUT2D eigenvalue weighted by molar-refractivity contribution is -0.155. The zero-order valence-corrected chi connectivity index (χ0v) is 16.5. The summed E-state index contributed by atoms with van der Waals surface area (Å²) < 4.78 is 49.6. The van der Waals surface area contributed by atoms with Gasteiger partial charge >= 0.3 is 12.1 Å². The summed E-state index contributed by atoms with van der Waals surface area (Å²) in [5.74, 6) is -1.24. The highest BCUT2D eigenvalue weighted by Crippen LogP contribution is 2.38. The van der Waals surface area contributed by atoms with Gasteiger partial charge in [-0.25, -0.2) is 4.79 Å². The molecule has 9 heteroatoms. The average Bonchev–Trinajstić information content (AvgIpc) is 2.68. The number of carboxylic acid groups (broad SMARTS) is 1. The third kappa shape index (κ3) is 5.05. The standard InChI is InChI=1S/C21H17ClF3NO4/c1-3-9-20(4-2,19(27)28)30-18-11-15(7-5-13(18)12-26)29-17-8-6-14(10-16(17)22)21(23,24)25/h3,5-8,10-11H,1,4,9H2,2H3,(H,27,28). The molecule has 0 spiro atoms. The van der Waals surface area contributed by atoms with Gasteiger partial charge < -0.3 is 14.6 Å². The lowest BCUT2D eigenvalue weighted by Gasteiger charge is -2.28. The number of hydrogen-bond donors (Lipinski definition) is 1. The van der Waals surface area contributed by atoms with Crippen molar-refractivity contribution in [1.82, 2.24) is 0 Å². The molecule has 0 radical (unpaired) electrons. The third-order valence-corrected chi connectivity index (χ3v) is 4.60. The summed E-state index contributed by atoms with van der Waals surface area (Å²) in [6, 6.07) is 8.53. The van der Waals surface area contributed by atoms with Gasteiger partial charge in [0.15, 0.2) is 0 Å². The molecule has 0 aliphatic heterocycles. The van der Waals surface area contributed by atoms with Crippen molar-refractivity contribution in [3.63, 3.8) is 0 Å². The number of halogens is 4. The Bertz CT molecular complexity index is 1000. The predicted molar refractivity (Wildman–Crippen MR) is 104 cm³/mol. The fourth-order valence-corrected chi connectivity index (χ4v) is 2.83. The van der Waals surface area contributed by atoms with Crippen molar-refractivity contribution in [1.29, 1.82) is 5.26 Å². The van der Waals surface area contributed by atoms with E-state index in [4.69, 9.17) is 21.1 Å². The van der Waals surface area contributed by atoms with Crippen LogP contribution < -0.4 is 9.47 Å². The minimum atomic E-state index is -4.55. The van der Waals surface area contributed by atoms with Gasteiger partial charge in [-0.05, 0) is 36.8 Å². The molecule has 1 N–H and O–H groups in total. The Balaban J connectivity index is 2.40. The van der Waals surface area contributed by atoms with E-state index in [1.165, 1.54) is 24.3 Å². The predicted octanol–water partition coefficient (Wildman–Crippen LogP) is 6.21. The number of nitriles is 1. The van der Waals surface area contributed by atoms with Crippen molar-refractivity contribution in [3.8, 4) is 23.3 Å². The molecule has 2 rings (SSSR count). The van der Waals surface area contributed by atoms with Crippen LogP contribution in [-0.4, -0.2) is 16.7 Å². The van der Waals surface area contributed by atoms with Gasteiger partial charge in [0.1, 0.15) is 23.3 Å². The first-order valence-electron chi connectivity index (χ1n) is 8.68. The van der Waals surface area contributed by atoms with E-state index in [1.54, 1.807) is 6.92 Å². The van der Waals surface area contributed by atoms with E-state index in [2.05, 4.69) is 6.58 Å². The summed E-state index contributed by atoms with van der Waals surface area (Å²) in [5, 5.41) is 18.7. The average molecular weight is 440 g/mol. The molecule has 0 aliphatic carbocycles. The Hall–Kier alpha value is -3.18. The first-order chi connectivity index (χ1) is 14.1. The highest BCUT2D eigenvalue weighted by molar-refractivity contribution is 6.32. The monoisotopic (exact) mass is 439 g/mol. The van der Waals surface area contributed by atoms with Crippen molar-refractivity contribution >= 4 is 17.6 Å². The van der Waals surface area contributed by atoms with E-state index in [1.807, 2.05) is 6.07 Å². The molecule has 0 saturated heterocycles. The van der Waals surface area contributed by atoms with E-state index in [0.717, 1.165) is 18.2 Å². The largest absolute Gasteiger partial charge is 0.478 e. The Morgan fingerprint density at radius 1 is 1.27 bits per heavy atom. The summed E-state index contributed by atoms with van der Waals surface area (Å²) in [4.78, 5) is 11.8. The van der Waals surface area contributed by atoms with E-state index < -0.39 is 23.3 Å². The van der Waals surface area contributed by atoms with Crippen LogP contribution in [0.5, 0.6) is 17.2 Å². The van der Waals surface area contributed by atoms with Crippen LogP contribution in [0, 0.1) is 11.3 Å². The van der Waals surface area contributed by atoms with Crippen LogP contribution in [0.15, 0.2) is 49.1 Å². The van der Waals surface area contributed by atoms with Crippen molar-refractivity contribution < 1.29 is 32.5 Å². The SMILES string of the molecule is C=CCC(CC)(Oc1cc(Oc2ccc(C(F)(F)F)cc2Cl)ccc1C#N)C(=O)O. The number of alkyl halides is 3. The van der Waals surface area contributed by atoms with Gasteiger partial charge in [-0.2, -0.15) is 18.4 Å². The maximum atomic E-state index is 12.8. The van der Waals surface area contributed by atoms with Crippen LogP contribution >= 0.6 is 11.6 Å². The van der Waals surface area contributed by atoms with Crippen molar-refractivity contribution in [3.05, 3.63) is 65.2 Å². The van der Waals surface area contributed by atoms with Crippen LogP contribution in [0.25, 0.3) is 0 Å². The summed E-state index contributed by atoms with van der Waals surface area (Å²) in [5.41, 5.74) is -2.51. The Labute approximate surface area is 175 Å². The van der Waals surface area contributed by atoms with Crippen LogP contribution in [0.2, 0.25) is 5.02 Å². The topological polar surface area (TPSA) is 79.5 Å². The maximum absolute atomic E-state index is 12.8. The lowest BCUT2D eigenvalue weighted by atomic mass is 9.96. The third-order valence-electron chi connectivity index (χ3n) is 4.30. The van der Waals surface area contributed by atoms with Crippen molar-refractivity contribution in [2.24, 2.45) is 0 Å². The molecular weight excluding hydrogens is 423 g/mol. The first kappa shape index (κ1) is 23.1. The van der Waals surface area contributed by atoms with Gasteiger partial charge in [-0.3, -0.25) is 0 Å². The number of rotatable bonds is 8. The zero-order chi connectivity index (χ0) is 22.5. The van der Waals surface area contributed by atoms with Gasteiger partial charge in [0, 0.05) is 12.5 Å². The van der Waals surface area contributed by atoms with Gasteiger partial charge in [-0.15, -0.1) is 6.58 Å². The normalized spacial score (nSPS) is 13.1. The van der Waals surface area contributed by atoms with Gasteiger partial charge in [0.25, 0.3) is 0 Å². The Kier molecular flexibility index (Phi) is 7.00. The Morgan fingerprint density at radius 3 is 2.47 bits per heavy atom. The van der Waals surface area contributed by atoms with Crippen LogP contribution in [0.1, 0.15) is 30.9 Å². The zero-order valence-electron chi connectivity index (χ0n) is 15.8. The molecule has 0 amide bonds. The number of carboxylic acids is 1. The summed E-state index contributed by atoms with van der Waals surface area (Å²) in [6.45, 7) is 5.16. The van der Waals surface area contributed by atoms with Gasteiger partial charge in [0.05, 0.1) is 16.1 Å². The van der Waals surface area contributed by atoms with Gasteiger partial charge in [-0.1, -0.05) is 24.6 Å². The second-order valence-corrected chi connectivity index (χ2v) is 6.67. The number of nitrogens with zero attached hydrogens (tertiary/aromatic N) is 1. The number of hydrogen-bond acceptors (Lipinski definition) is 4. The molecular formula is C21H17ClF3NO4. The molecule has 0 aliphatic rings. The number of benzene rings is 2. The summed E-state index contributed by atoms with van der Waals surface area (Å²) in [7, 11) is 0. The van der Waals surface area contributed by atoms with Crippen molar-refractivity contribution in [2.45, 2.75) is 31.5 Å². The fourth-order valence-electron chi connectivity index (χ4n) is 2.61. The number of ether oxygens (including phenoxy) is 2. The highest BCUT2D eigenvalue weighted by Gasteiger charge is 2.39. The molecule has 1 atom stereocenters. The Morgan fingerprint density at radius 2 is 1.97 bits per heavy atom. The van der Waals surface area contributed by atoms with E-state index in [-0.39, 0.29) is 40.7 Å². The minimum absolute atomic E-state index is 0.0144. The summed E-state index contributed by atoms with van der Waals surface area (Å²) >= 11 is 5.90. The van der Waals surface area contributed by atoms with E-state index >= 15 is 0 Å². The van der Waals surface area contributed by atoms with Crippen molar-refractivity contribution in [2.75, 3.05) is 0 Å². The molecule has 0 heterocycles. The quantitative estimate of drug-likeness (QED) is 0.494. The lowest BCUT2D eigenvalue weighted by Crippen LogP contribution is -2.43. The van der Waals surface area contributed by atoms with E-state index in [0.29, 0.717) is 0 Å². The molecule has 2 aromatic carbocycles. The molecule has 0 saturated carbocycles. The smallest absolute Gasteiger partial charge is 0.416 e. The number of aliphatic carboxylic acids is 1. The van der Waals surface area contributed by atoms with E-state index in [9.17, 15) is 28.3 Å². The first-order valence-corrected chi connectivity index (χ1v) is 9.06. The molecule has 0 aromatic heterocycles. The molecule has 1 unspecified atom stereocenters. The van der Waals surface area contributed by atoms with Gasteiger partial charge in [0.2, 0.25) is 5.60 Å². The highest BCUT2D eigenvalue weighted by atomic mass is 35.5. The molecule has 0 fully saturated rings. The maximum Gasteiger partial charge on any atom is 0.416 e. The number of carbonyl (C=O) groups is 1. The molecule has 5 nitrogen and oxygen atoms in total. The molecule has 0 bridgehead atoms. The molecule has 2 aromatic rings. The molecule has 158 valence electrons.